The summed E-state index contributed by atoms with van der Waals surface area (Å²) in [5.74, 6) is 0.821. The van der Waals surface area contributed by atoms with E-state index in [1.807, 2.05) is 16.0 Å². The van der Waals surface area contributed by atoms with Crippen molar-refractivity contribution in [2.45, 2.75) is 25.8 Å². The van der Waals surface area contributed by atoms with Crippen LogP contribution < -0.4 is 4.90 Å². The molecule has 3 heterocycles. The first-order chi connectivity index (χ1) is 9.74. The molecule has 3 rings (SSSR count). The lowest BCUT2D eigenvalue weighted by Crippen LogP contribution is -2.43. The highest BCUT2D eigenvalue weighted by molar-refractivity contribution is 7.15. The Hall–Kier alpha value is -1.40. The molecule has 1 saturated heterocycles. The lowest BCUT2D eigenvalue weighted by Gasteiger charge is -2.36. The van der Waals surface area contributed by atoms with Crippen molar-refractivity contribution in [2.75, 3.05) is 31.6 Å². The average molecular weight is 292 g/mol. The molecule has 2 aromatic heterocycles. The van der Waals surface area contributed by atoms with Crippen LogP contribution in [0, 0.1) is 0 Å². The Morgan fingerprint density at radius 1 is 1.50 bits per heavy atom. The Morgan fingerprint density at radius 3 is 2.90 bits per heavy atom. The molecule has 108 valence electrons. The molecule has 0 aliphatic carbocycles. The van der Waals surface area contributed by atoms with Crippen LogP contribution in [0.15, 0.2) is 11.6 Å². The molecular formula is C14H20N4OS. The number of aromatic nitrogens is 2. The lowest BCUT2D eigenvalue weighted by atomic mass is 10.0. The van der Waals surface area contributed by atoms with Gasteiger partial charge in [0.15, 0.2) is 17.1 Å². The Bertz CT molecular complexity index is 597. The van der Waals surface area contributed by atoms with Crippen LogP contribution in [0.1, 0.15) is 30.3 Å². The van der Waals surface area contributed by atoms with E-state index in [2.05, 4.69) is 28.8 Å². The molecule has 1 aliphatic heterocycles. The molecule has 6 heteroatoms. The number of thiazole rings is 1. The fourth-order valence-electron chi connectivity index (χ4n) is 2.96. The fraction of sp³-hybridized carbons (Fsp3) is 0.571. The third kappa shape index (κ3) is 2.23. The molecule has 0 bridgehead atoms. The number of nitrogens with zero attached hydrogens (tertiary/aromatic N) is 4. The Morgan fingerprint density at radius 2 is 2.25 bits per heavy atom. The summed E-state index contributed by atoms with van der Waals surface area (Å²) in [6, 6.07) is 0.473. The molecule has 0 N–H and O–H groups in total. The number of likely N-dealkylation sites (tertiary alicyclic amines) is 1. The van der Waals surface area contributed by atoms with Crippen LogP contribution in [0.25, 0.3) is 4.96 Å². The maximum Gasteiger partial charge on any atom is 0.196 e. The summed E-state index contributed by atoms with van der Waals surface area (Å²) in [6.45, 7) is 5.59. The highest BCUT2D eigenvalue weighted by Gasteiger charge is 2.25. The molecule has 1 fully saturated rings. The van der Waals surface area contributed by atoms with E-state index in [0.29, 0.717) is 11.7 Å². The smallest absolute Gasteiger partial charge is 0.196 e. The van der Waals surface area contributed by atoms with Crippen LogP contribution in [0.2, 0.25) is 0 Å². The predicted octanol–water partition coefficient (Wildman–Crippen LogP) is 2.13. The van der Waals surface area contributed by atoms with E-state index in [1.54, 1.807) is 11.3 Å². The molecule has 5 nitrogen and oxygen atoms in total. The number of piperidine rings is 1. The van der Waals surface area contributed by atoms with Gasteiger partial charge < -0.3 is 9.80 Å². The van der Waals surface area contributed by atoms with E-state index in [4.69, 9.17) is 0 Å². The number of hydrogen-bond donors (Lipinski definition) is 0. The number of rotatable bonds is 4. The first-order valence-corrected chi connectivity index (χ1v) is 7.98. The van der Waals surface area contributed by atoms with E-state index >= 15 is 0 Å². The summed E-state index contributed by atoms with van der Waals surface area (Å²) in [6.07, 6.45) is 5.09. The van der Waals surface area contributed by atoms with Crippen molar-refractivity contribution in [3.05, 3.63) is 17.3 Å². The van der Waals surface area contributed by atoms with Gasteiger partial charge in [0, 0.05) is 37.8 Å². The SMILES string of the molecule is CCN1CCC(N(C)c2nc3sccn3c2C=O)CC1. The number of imidazole rings is 1. The monoisotopic (exact) mass is 292 g/mol. The van der Waals surface area contributed by atoms with E-state index in [1.165, 1.54) is 0 Å². The van der Waals surface area contributed by atoms with Crippen molar-refractivity contribution in [2.24, 2.45) is 0 Å². The van der Waals surface area contributed by atoms with Gasteiger partial charge in [0.2, 0.25) is 0 Å². The van der Waals surface area contributed by atoms with Gasteiger partial charge in [-0.05, 0) is 19.4 Å². The second-order valence-electron chi connectivity index (χ2n) is 5.27. The second-order valence-corrected chi connectivity index (χ2v) is 6.14. The van der Waals surface area contributed by atoms with Gasteiger partial charge in [-0.2, -0.15) is 0 Å². The van der Waals surface area contributed by atoms with Gasteiger partial charge in [-0.1, -0.05) is 6.92 Å². The molecule has 0 radical (unpaired) electrons. The highest BCUT2D eigenvalue weighted by Crippen LogP contribution is 2.26. The van der Waals surface area contributed by atoms with Crippen LogP contribution in [0.4, 0.5) is 5.82 Å². The minimum Gasteiger partial charge on any atom is -0.355 e. The summed E-state index contributed by atoms with van der Waals surface area (Å²) in [4.78, 5) is 21.6. The number of fused-ring (bicyclic) bond motifs is 1. The Labute approximate surface area is 122 Å². The fourth-order valence-corrected chi connectivity index (χ4v) is 3.67. The number of hydrogen-bond acceptors (Lipinski definition) is 5. The van der Waals surface area contributed by atoms with Gasteiger partial charge in [0.25, 0.3) is 0 Å². The quantitative estimate of drug-likeness (QED) is 0.810. The van der Waals surface area contributed by atoms with Gasteiger partial charge in [-0.15, -0.1) is 11.3 Å². The molecule has 0 spiro atoms. The summed E-state index contributed by atoms with van der Waals surface area (Å²) in [5, 5.41) is 1.96. The van der Waals surface area contributed by atoms with E-state index in [9.17, 15) is 4.79 Å². The number of carbonyl (C=O) groups excluding carboxylic acids is 1. The van der Waals surface area contributed by atoms with Crippen molar-refractivity contribution in [1.82, 2.24) is 14.3 Å². The zero-order valence-corrected chi connectivity index (χ0v) is 12.8. The summed E-state index contributed by atoms with van der Waals surface area (Å²) in [5.41, 5.74) is 0.668. The maximum absolute atomic E-state index is 11.4. The van der Waals surface area contributed by atoms with Crippen LogP contribution in [0.3, 0.4) is 0 Å². The third-order valence-corrected chi connectivity index (χ3v) is 5.03. The van der Waals surface area contributed by atoms with Crippen LogP contribution >= 0.6 is 11.3 Å². The molecular weight excluding hydrogens is 272 g/mol. The molecule has 0 amide bonds. The van der Waals surface area contributed by atoms with Crippen molar-refractivity contribution in [3.63, 3.8) is 0 Å². The van der Waals surface area contributed by atoms with Crippen molar-refractivity contribution < 1.29 is 4.79 Å². The Balaban J connectivity index is 1.83. The molecule has 0 atom stereocenters. The molecule has 20 heavy (non-hydrogen) atoms. The average Bonchev–Trinajstić information content (AvgIpc) is 3.06. The molecule has 1 aliphatic rings. The molecule has 0 aromatic carbocycles. The highest BCUT2D eigenvalue weighted by atomic mass is 32.1. The van der Waals surface area contributed by atoms with Gasteiger partial charge in [-0.3, -0.25) is 9.20 Å². The van der Waals surface area contributed by atoms with Crippen molar-refractivity contribution in [3.8, 4) is 0 Å². The zero-order valence-electron chi connectivity index (χ0n) is 12.0. The number of aldehydes is 1. The summed E-state index contributed by atoms with van der Waals surface area (Å²) < 4.78 is 1.88. The zero-order chi connectivity index (χ0) is 14.1. The normalized spacial score (nSPS) is 17.7. The standard InChI is InChI=1S/C14H20N4OS/c1-3-17-6-4-11(5-7-17)16(2)13-12(10-19)18-8-9-20-14(18)15-13/h8-11H,3-7H2,1-2H3. The van der Waals surface area contributed by atoms with Crippen LogP contribution in [-0.4, -0.2) is 53.3 Å². The van der Waals surface area contributed by atoms with Crippen LogP contribution in [0.5, 0.6) is 0 Å². The van der Waals surface area contributed by atoms with Crippen molar-refractivity contribution >= 4 is 28.4 Å². The maximum atomic E-state index is 11.4. The van der Waals surface area contributed by atoms with Gasteiger partial charge in [0.05, 0.1) is 0 Å². The van der Waals surface area contributed by atoms with Crippen molar-refractivity contribution in [1.29, 1.82) is 0 Å². The minimum absolute atomic E-state index is 0.473. The molecule has 2 aromatic rings. The minimum atomic E-state index is 0.473. The van der Waals surface area contributed by atoms with Crippen LogP contribution in [-0.2, 0) is 0 Å². The van der Waals surface area contributed by atoms with E-state index in [0.717, 1.165) is 49.5 Å². The van der Waals surface area contributed by atoms with Gasteiger partial charge in [0.1, 0.15) is 5.69 Å². The summed E-state index contributed by atoms with van der Waals surface area (Å²) in [7, 11) is 2.06. The lowest BCUT2D eigenvalue weighted by molar-refractivity contribution is 0.111. The molecule has 0 saturated carbocycles. The first-order valence-electron chi connectivity index (χ1n) is 7.10. The topological polar surface area (TPSA) is 40.9 Å². The first kappa shape index (κ1) is 13.6. The number of anilines is 1. The van der Waals surface area contributed by atoms with Gasteiger partial charge in [-0.25, -0.2) is 4.98 Å². The third-order valence-electron chi connectivity index (χ3n) is 4.28. The van der Waals surface area contributed by atoms with Gasteiger partial charge >= 0.3 is 0 Å². The number of carbonyl (C=O) groups is 1. The second kappa shape index (κ2) is 5.54. The van der Waals surface area contributed by atoms with E-state index in [-0.39, 0.29) is 0 Å². The van der Waals surface area contributed by atoms with E-state index < -0.39 is 0 Å². The molecule has 0 unspecified atom stereocenters. The summed E-state index contributed by atoms with van der Waals surface area (Å²) >= 11 is 1.56. The predicted molar refractivity (Wildman–Crippen MR) is 82.0 cm³/mol. The largest absolute Gasteiger partial charge is 0.355 e. The Kier molecular flexibility index (Phi) is 3.76.